The normalized spacial score (nSPS) is 14.6. The molecular formula is C29H26FN5O5. The number of aliphatic carboxylic acids is 1. The number of aromatic amines is 1. The Kier molecular flexibility index (Phi) is 7.45. The van der Waals surface area contributed by atoms with Crippen LogP contribution in [0.5, 0.6) is 11.5 Å². The number of ether oxygens (including phenoxy) is 1. The number of amides is 3. The van der Waals surface area contributed by atoms with Crippen LogP contribution in [0.4, 0.5) is 20.6 Å². The van der Waals surface area contributed by atoms with E-state index in [2.05, 4.69) is 20.6 Å². The smallest absolute Gasteiger partial charge is 0.323 e. The van der Waals surface area contributed by atoms with Crippen molar-refractivity contribution in [2.75, 3.05) is 23.7 Å². The van der Waals surface area contributed by atoms with E-state index in [0.717, 1.165) is 5.56 Å². The van der Waals surface area contributed by atoms with Gasteiger partial charge in [-0.25, -0.2) is 9.18 Å². The molecule has 3 amide bonds. The first kappa shape index (κ1) is 26.4. The Bertz CT molecular complexity index is 1570. The van der Waals surface area contributed by atoms with Crippen molar-refractivity contribution < 1.29 is 28.6 Å². The highest BCUT2D eigenvalue weighted by Crippen LogP contribution is 2.27. The first-order valence-electron chi connectivity index (χ1n) is 12.5. The monoisotopic (exact) mass is 543 g/mol. The molecule has 1 saturated heterocycles. The first-order valence-corrected chi connectivity index (χ1v) is 12.5. The van der Waals surface area contributed by atoms with Gasteiger partial charge in [-0.1, -0.05) is 6.07 Å². The highest BCUT2D eigenvalue weighted by Gasteiger charge is 2.31. The largest absolute Gasteiger partial charge is 0.481 e. The van der Waals surface area contributed by atoms with Gasteiger partial charge >= 0.3 is 12.0 Å². The number of rotatable bonds is 7. The summed E-state index contributed by atoms with van der Waals surface area (Å²) in [7, 11) is 0. The maximum Gasteiger partial charge on any atom is 0.323 e. The van der Waals surface area contributed by atoms with Crippen LogP contribution in [0.15, 0.2) is 73.1 Å². The number of likely N-dealkylation sites (tertiary alicyclic amines) is 1. The van der Waals surface area contributed by atoms with Crippen LogP contribution in [0.2, 0.25) is 0 Å². The number of benzene rings is 2. The fourth-order valence-electron chi connectivity index (χ4n) is 4.38. The molecule has 1 atom stereocenters. The van der Waals surface area contributed by atoms with E-state index < -0.39 is 23.7 Å². The lowest BCUT2D eigenvalue weighted by atomic mass is 10.1. The summed E-state index contributed by atoms with van der Waals surface area (Å²) >= 11 is 0. The molecule has 0 radical (unpaired) electrons. The SMILES string of the molecule is Cc1ccc(F)c(NC(=O)Nc2ccc(Oc3ccnc(-c4cc(C(=O)N5CCC(C(=O)O)C5)c[nH]4)c3)cc2)c1. The fourth-order valence-corrected chi connectivity index (χ4v) is 4.38. The second-order valence-corrected chi connectivity index (χ2v) is 9.44. The molecule has 2 aromatic heterocycles. The van der Waals surface area contributed by atoms with Gasteiger partial charge in [-0.3, -0.25) is 14.6 Å². The van der Waals surface area contributed by atoms with Crippen molar-refractivity contribution in [2.24, 2.45) is 5.92 Å². The molecule has 10 nitrogen and oxygen atoms in total. The van der Waals surface area contributed by atoms with Crippen LogP contribution in [0.25, 0.3) is 11.4 Å². The third-order valence-electron chi connectivity index (χ3n) is 6.48. The van der Waals surface area contributed by atoms with E-state index in [9.17, 15) is 23.9 Å². The number of H-pyrrole nitrogens is 1. The second kappa shape index (κ2) is 11.3. The standard InChI is InChI=1S/C29H26FN5O5/c1-17-2-7-23(30)24(12-17)34-29(39)33-20-3-5-21(6-4-20)40-22-8-10-31-26(14-22)25-13-19(15-32-25)27(36)35-11-9-18(16-35)28(37)38/h2-8,10,12-15,18,32H,9,11,16H2,1H3,(H,37,38)(H2,33,34,39). The number of pyridine rings is 1. The number of urea groups is 1. The molecule has 11 heteroatoms. The van der Waals surface area contributed by atoms with Crippen LogP contribution < -0.4 is 15.4 Å². The molecule has 1 unspecified atom stereocenters. The third kappa shape index (κ3) is 6.09. The highest BCUT2D eigenvalue weighted by atomic mass is 19.1. The molecule has 0 saturated carbocycles. The molecule has 4 aromatic rings. The molecule has 1 fully saturated rings. The zero-order valence-corrected chi connectivity index (χ0v) is 21.5. The van der Waals surface area contributed by atoms with Crippen LogP contribution in [0.3, 0.4) is 0 Å². The zero-order chi connectivity index (χ0) is 28.2. The van der Waals surface area contributed by atoms with Crippen molar-refractivity contribution in [3.8, 4) is 22.9 Å². The molecule has 1 aliphatic heterocycles. The van der Waals surface area contributed by atoms with Crippen molar-refractivity contribution >= 4 is 29.3 Å². The van der Waals surface area contributed by atoms with Crippen LogP contribution >= 0.6 is 0 Å². The number of aromatic nitrogens is 2. The molecule has 3 heterocycles. The van der Waals surface area contributed by atoms with Gasteiger partial charge in [0.05, 0.1) is 28.6 Å². The summed E-state index contributed by atoms with van der Waals surface area (Å²) < 4.78 is 19.8. The van der Waals surface area contributed by atoms with Crippen molar-refractivity contribution in [1.82, 2.24) is 14.9 Å². The number of anilines is 2. The predicted molar refractivity (Wildman–Crippen MR) is 146 cm³/mol. The van der Waals surface area contributed by atoms with Crippen molar-refractivity contribution in [3.63, 3.8) is 0 Å². The molecule has 4 N–H and O–H groups in total. The number of hydrogen-bond donors (Lipinski definition) is 4. The summed E-state index contributed by atoms with van der Waals surface area (Å²) in [6, 6.07) is 15.6. The number of hydrogen-bond acceptors (Lipinski definition) is 5. The second-order valence-electron chi connectivity index (χ2n) is 9.44. The van der Waals surface area contributed by atoms with Gasteiger partial charge < -0.3 is 30.4 Å². The Morgan fingerprint density at radius 2 is 1.85 bits per heavy atom. The topological polar surface area (TPSA) is 137 Å². The predicted octanol–water partition coefficient (Wildman–Crippen LogP) is 5.51. The van der Waals surface area contributed by atoms with E-state index in [1.165, 1.54) is 6.07 Å². The van der Waals surface area contributed by atoms with Gasteiger partial charge in [-0.15, -0.1) is 0 Å². The molecule has 1 aliphatic rings. The summed E-state index contributed by atoms with van der Waals surface area (Å²) in [5, 5.41) is 14.3. The Morgan fingerprint density at radius 3 is 2.60 bits per heavy atom. The first-order chi connectivity index (χ1) is 19.2. The van der Waals surface area contributed by atoms with Crippen LogP contribution in [0, 0.1) is 18.7 Å². The van der Waals surface area contributed by atoms with Gasteiger partial charge in [0.1, 0.15) is 17.3 Å². The molecule has 204 valence electrons. The summed E-state index contributed by atoms with van der Waals surface area (Å²) in [5.74, 6) is -1.17. The van der Waals surface area contributed by atoms with E-state index in [0.29, 0.717) is 47.1 Å². The Labute approximate surface area is 228 Å². The quantitative estimate of drug-likeness (QED) is 0.243. The number of aryl methyl sites for hydroxylation is 1. The Balaban J connectivity index is 1.20. The summed E-state index contributed by atoms with van der Waals surface area (Å²) in [4.78, 5) is 45.2. The summed E-state index contributed by atoms with van der Waals surface area (Å²) in [5.41, 5.74) is 2.99. The number of halogens is 1. The third-order valence-corrected chi connectivity index (χ3v) is 6.48. The average Bonchev–Trinajstić information content (AvgIpc) is 3.63. The lowest BCUT2D eigenvalue weighted by Gasteiger charge is -2.14. The van der Waals surface area contributed by atoms with Crippen molar-refractivity contribution in [2.45, 2.75) is 13.3 Å². The van der Waals surface area contributed by atoms with E-state index in [4.69, 9.17) is 4.74 Å². The van der Waals surface area contributed by atoms with E-state index in [-0.39, 0.29) is 18.1 Å². The highest BCUT2D eigenvalue weighted by molar-refractivity contribution is 6.00. The number of carboxylic acids is 1. The van der Waals surface area contributed by atoms with Crippen molar-refractivity contribution in [1.29, 1.82) is 0 Å². The number of nitrogens with zero attached hydrogens (tertiary/aromatic N) is 2. The van der Waals surface area contributed by atoms with E-state index in [1.54, 1.807) is 78.8 Å². The molecule has 5 rings (SSSR count). The van der Waals surface area contributed by atoms with E-state index >= 15 is 0 Å². The van der Waals surface area contributed by atoms with Gasteiger partial charge in [-0.05, 0) is 67.4 Å². The van der Waals surface area contributed by atoms with Crippen LogP contribution in [0.1, 0.15) is 22.3 Å². The summed E-state index contributed by atoms with van der Waals surface area (Å²) in [6.07, 6.45) is 3.60. The van der Waals surface area contributed by atoms with Gasteiger partial charge in [0.25, 0.3) is 5.91 Å². The Hall–Kier alpha value is -5.19. The van der Waals surface area contributed by atoms with Gasteiger partial charge in [-0.2, -0.15) is 0 Å². The lowest BCUT2D eigenvalue weighted by Crippen LogP contribution is -2.29. The number of carbonyl (C=O) groups excluding carboxylic acids is 2. The Morgan fingerprint density at radius 1 is 1.05 bits per heavy atom. The van der Waals surface area contributed by atoms with Crippen LogP contribution in [-0.4, -0.2) is 51.0 Å². The molecule has 0 spiro atoms. The van der Waals surface area contributed by atoms with E-state index in [1.807, 2.05) is 0 Å². The minimum Gasteiger partial charge on any atom is -0.481 e. The number of carbonyl (C=O) groups is 3. The fraction of sp³-hybridized carbons (Fsp3) is 0.172. The maximum absolute atomic E-state index is 13.9. The van der Waals surface area contributed by atoms with Gasteiger partial charge in [0, 0.05) is 37.2 Å². The molecule has 0 bridgehead atoms. The van der Waals surface area contributed by atoms with Gasteiger partial charge in [0.15, 0.2) is 0 Å². The van der Waals surface area contributed by atoms with Crippen LogP contribution in [-0.2, 0) is 4.79 Å². The molecule has 40 heavy (non-hydrogen) atoms. The number of carboxylic acid groups (broad SMARTS) is 1. The minimum absolute atomic E-state index is 0.0902. The average molecular weight is 544 g/mol. The van der Waals surface area contributed by atoms with Crippen molar-refractivity contribution in [3.05, 3.63) is 90.0 Å². The molecular weight excluding hydrogens is 517 g/mol. The minimum atomic E-state index is -0.891. The maximum atomic E-state index is 13.9. The summed E-state index contributed by atoms with van der Waals surface area (Å²) in [6.45, 7) is 2.40. The lowest BCUT2D eigenvalue weighted by molar-refractivity contribution is -0.141. The van der Waals surface area contributed by atoms with Gasteiger partial charge in [0.2, 0.25) is 0 Å². The number of nitrogens with one attached hydrogen (secondary N) is 3. The zero-order valence-electron chi connectivity index (χ0n) is 21.5. The molecule has 0 aliphatic carbocycles. The molecule has 2 aromatic carbocycles.